The third-order valence-corrected chi connectivity index (χ3v) is 2.89. The molecular weight excluding hydrogens is 190 g/mol. The third kappa shape index (κ3) is 1.96. The molecule has 0 bridgehead atoms. The van der Waals surface area contributed by atoms with Crippen LogP contribution in [0, 0.1) is 13.8 Å². The standard InChI is InChI=1S/C12H15NO2/c1-7-3-6-10(12(14)15)11(8(7)2)13-9-4-5-9/h3,6,9,13H,4-5H2,1-2H3,(H,14,15). The first-order valence-corrected chi connectivity index (χ1v) is 5.19. The Balaban J connectivity index is 2.44. The number of aromatic carboxylic acids is 1. The van der Waals surface area contributed by atoms with E-state index in [0.29, 0.717) is 11.6 Å². The van der Waals surface area contributed by atoms with Gasteiger partial charge >= 0.3 is 5.97 Å². The summed E-state index contributed by atoms with van der Waals surface area (Å²) in [5, 5.41) is 12.4. The minimum absolute atomic E-state index is 0.380. The fourth-order valence-corrected chi connectivity index (χ4v) is 1.61. The van der Waals surface area contributed by atoms with E-state index in [4.69, 9.17) is 5.11 Å². The number of hydrogen-bond acceptors (Lipinski definition) is 2. The summed E-state index contributed by atoms with van der Waals surface area (Å²) in [4.78, 5) is 11.0. The first kappa shape index (κ1) is 10.0. The number of carbonyl (C=O) groups is 1. The van der Waals surface area contributed by atoms with Gasteiger partial charge in [-0.2, -0.15) is 0 Å². The molecule has 0 aliphatic heterocycles. The Bertz CT molecular complexity index is 408. The summed E-state index contributed by atoms with van der Waals surface area (Å²) in [5.74, 6) is -0.860. The molecule has 0 atom stereocenters. The number of carboxylic acids is 1. The summed E-state index contributed by atoms with van der Waals surface area (Å²) in [6, 6.07) is 4.01. The van der Waals surface area contributed by atoms with Gasteiger partial charge in [0.1, 0.15) is 0 Å². The molecule has 0 amide bonds. The van der Waals surface area contributed by atoms with Gasteiger partial charge in [0, 0.05) is 6.04 Å². The molecule has 0 unspecified atom stereocenters. The highest BCUT2D eigenvalue weighted by Crippen LogP contribution is 2.30. The largest absolute Gasteiger partial charge is 0.478 e. The molecule has 0 saturated heterocycles. The summed E-state index contributed by atoms with van der Waals surface area (Å²) >= 11 is 0. The smallest absolute Gasteiger partial charge is 0.337 e. The Labute approximate surface area is 89.1 Å². The maximum atomic E-state index is 11.0. The van der Waals surface area contributed by atoms with Crippen molar-refractivity contribution in [3.05, 3.63) is 28.8 Å². The number of hydrogen-bond donors (Lipinski definition) is 2. The van der Waals surface area contributed by atoms with E-state index in [-0.39, 0.29) is 0 Å². The van der Waals surface area contributed by atoms with Gasteiger partial charge in [0.15, 0.2) is 0 Å². The van der Waals surface area contributed by atoms with E-state index in [0.717, 1.165) is 29.7 Å². The highest BCUT2D eigenvalue weighted by molar-refractivity contribution is 5.95. The van der Waals surface area contributed by atoms with Crippen LogP contribution in [0.2, 0.25) is 0 Å². The lowest BCUT2D eigenvalue weighted by molar-refractivity contribution is 0.0698. The number of anilines is 1. The third-order valence-electron chi connectivity index (χ3n) is 2.89. The lowest BCUT2D eigenvalue weighted by atomic mass is 10.0. The van der Waals surface area contributed by atoms with Crippen LogP contribution in [0.1, 0.15) is 34.3 Å². The molecule has 1 aliphatic rings. The molecule has 3 heteroatoms. The Hall–Kier alpha value is -1.51. The van der Waals surface area contributed by atoms with Crippen molar-refractivity contribution in [3.63, 3.8) is 0 Å². The van der Waals surface area contributed by atoms with Gasteiger partial charge in [-0.3, -0.25) is 0 Å². The Morgan fingerprint density at radius 3 is 2.60 bits per heavy atom. The zero-order chi connectivity index (χ0) is 11.0. The van der Waals surface area contributed by atoms with Crippen LogP contribution in [0.3, 0.4) is 0 Å². The van der Waals surface area contributed by atoms with Crippen LogP contribution in [0.15, 0.2) is 12.1 Å². The molecule has 0 spiro atoms. The second-order valence-corrected chi connectivity index (χ2v) is 4.15. The molecular formula is C12H15NO2. The highest BCUT2D eigenvalue weighted by atomic mass is 16.4. The zero-order valence-electron chi connectivity index (χ0n) is 9.00. The van der Waals surface area contributed by atoms with Gasteiger partial charge in [-0.25, -0.2) is 4.79 Å². The van der Waals surface area contributed by atoms with Crippen LogP contribution >= 0.6 is 0 Å². The molecule has 1 saturated carbocycles. The number of aryl methyl sites for hydroxylation is 1. The van der Waals surface area contributed by atoms with E-state index in [1.807, 2.05) is 19.9 Å². The average Bonchev–Trinajstić information content (AvgIpc) is 2.96. The molecule has 1 aromatic rings. The predicted octanol–water partition coefficient (Wildman–Crippen LogP) is 2.58. The molecule has 2 N–H and O–H groups in total. The van der Waals surface area contributed by atoms with Crippen molar-refractivity contribution < 1.29 is 9.90 Å². The second-order valence-electron chi connectivity index (χ2n) is 4.15. The summed E-state index contributed by atoms with van der Waals surface area (Å²) in [7, 11) is 0. The van der Waals surface area contributed by atoms with E-state index in [2.05, 4.69) is 5.32 Å². The van der Waals surface area contributed by atoms with Crippen molar-refractivity contribution in [3.8, 4) is 0 Å². The number of rotatable bonds is 3. The second kappa shape index (κ2) is 3.57. The molecule has 1 fully saturated rings. The lowest BCUT2D eigenvalue weighted by Crippen LogP contribution is -2.10. The minimum atomic E-state index is -0.860. The van der Waals surface area contributed by atoms with Crippen molar-refractivity contribution in [2.75, 3.05) is 5.32 Å². The van der Waals surface area contributed by atoms with Gasteiger partial charge in [-0.15, -0.1) is 0 Å². The summed E-state index contributed by atoms with van der Waals surface area (Å²) in [5.41, 5.74) is 3.35. The first-order chi connectivity index (χ1) is 7.09. The maximum absolute atomic E-state index is 11.0. The minimum Gasteiger partial charge on any atom is -0.478 e. The number of benzene rings is 1. The molecule has 0 aromatic heterocycles. The molecule has 3 nitrogen and oxygen atoms in total. The Kier molecular flexibility index (Phi) is 2.39. The topological polar surface area (TPSA) is 49.3 Å². The van der Waals surface area contributed by atoms with E-state index in [9.17, 15) is 4.79 Å². The molecule has 80 valence electrons. The quantitative estimate of drug-likeness (QED) is 0.797. The van der Waals surface area contributed by atoms with Crippen LogP contribution in [-0.2, 0) is 0 Å². The molecule has 0 heterocycles. The van der Waals surface area contributed by atoms with Crippen LogP contribution in [0.25, 0.3) is 0 Å². The van der Waals surface area contributed by atoms with E-state index < -0.39 is 5.97 Å². The fraction of sp³-hybridized carbons (Fsp3) is 0.417. The molecule has 2 rings (SSSR count). The van der Waals surface area contributed by atoms with E-state index in [1.165, 1.54) is 0 Å². The highest BCUT2D eigenvalue weighted by Gasteiger charge is 2.24. The Morgan fingerprint density at radius 1 is 1.40 bits per heavy atom. The van der Waals surface area contributed by atoms with Gasteiger partial charge < -0.3 is 10.4 Å². The van der Waals surface area contributed by atoms with Gasteiger partial charge in [0.2, 0.25) is 0 Å². The zero-order valence-corrected chi connectivity index (χ0v) is 9.00. The van der Waals surface area contributed by atoms with Gasteiger partial charge in [-0.05, 0) is 43.9 Å². The summed E-state index contributed by atoms with van der Waals surface area (Å²) < 4.78 is 0. The van der Waals surface area contributed by atoms with Crippen LogP contribution in [0.5, 0.6) is 0 Å². The van der Waals surface area contributed by atoms with E-state index >= 15 is 0 Å². The SMILES string of the molecule is Cc1ccc(C(=O)O)c(NC2CC2)c1C. The van der Waals surface area contributed by atoms with Crippen molar-refractivity contribution >= 4 is 11.7 Å². The molecule has 15 heavy (non-hydrogen) atoms. The maximum Gasteiger partial charge on any atom is 0.337 e. The van der Waals surface area contributed by atoms with Gasteiger partial charge in [0.25, 0.3) is 0 Å². The summed E-state index contributed by atoms with van der Waals surface area (Å²) in [6.45, 7) is 3.96. The Morgan fingerprint density at radius 2 is 2.07 bits per heavy atom. The number of nitrogens with one attached hydrogen (secondary N) is 1. The van der Waals surface area contributed by atoms with Crippen molar-refractivity contribution in [1.82, 2.24) is 0 Å². The van der Waals surface area contributed by atoms with Crippen molar-refractivity contribution in [1.29, 1.82) is 0 Å². The van der Waals surface area contributed by atoms with Crippen LogP contribution < -0.4 is 5.32 Å². The van der Waals surface area contributed by atoms with Crippen molar-refractivity contribution in [2.45, 2.75) is 32.7 Å². The summed E-state index contributed by atoms with van der Waals surface area (Å²) in [6.07, 6.45) is 2.29. The van der Waals surface area contributed by atoms with E-state index in [1.54, 1.807) is 6.07 Å². The van der Waals surface area contributed by atoms with Gasteiger partial charge in [0.05, 0.1) is 11.3 Å². The first-order valence-electron chi connectivity index (χ1n) is 5.19. The van der Waals surface area contributed by atoms with Crippen LogP contribution in [-0.4, -0.2) is 17.1 Å². The fourth-order valence-electron chi connectivity index (χ4n) is 1.61. The monoisotopic (exact) mass is 205 g/mol. The predicted molar refractivity (Wildman–Crippen MR) is 59.5 cm³/mol. The average molecular weight is 205 g/mol. The van der Waals surface area contributed by atoms with Crippen molar-refractivity contribution in [2.24, 2.45) is 0 Å². The lowest BCUT2D eigenvalue weighted by Gasteiger charge is -2.13. The van der Waals surface area contributed by atoms with Crippen LogP contribution in [0.4, 0.5) is 5.69 Å². The van der Waals surface area contributed by atoms with Gasteiger partial charge in [-0.1, -0.05) is 6.07 Å². The molecule has 1 aromatic carbocycles. The molecule has 1 aliphatic carbocycles. The molecule has 0 radical (unpaired) electrons. The normalized spacial score (nSPS) is 15.1. The number of carboxylic acid groups (broad SMARTS) is 1.